The lowest BCUT2D eigenvalue weighted by atomic mass is 9.97. The summed E-state index contributed by atoms with van der Waals surface area (Å²) in [7, 11) is 0. The first-order valence-electron chi connectivity index (χ1n) is 22.4. The van der Waals surface area contributed by atoms with E-state index in [1.807, 2.05) is 121 Å². The summed E-state index contributed by atoms with van der Waals surface area (Å²) >= 11 is 0. The molecule has 0 aliphatic heterocycles. The number of aromatic nitrogens is 2. The summed E-state index contributed by atoms with van der Waals surface area (Å²) in [6.45, 7) is 0. The Balaban J connectivity index is 1.16. The van der Waals surface area contributed by atoms with Crippen LogP contribution in [0.3, 0.4) is 0 Å². The molecule has 0 amide bonds. The number of nitrogens with zero attached hydrogens (tertiary/aromatic N) is 2. The number of para-hydroxylation sites is 2. The van der Waals surface area contributed by atoms with Gasteiger partial charge in [-0.05, 0) is 100 Å². The van der Waals surface area contributed by atoms with Gasteiger partial charge in [-0.15, -0.1) is 0 Å². The van der Waals surface area contributed by atoms with Gasteiger partial charge in [0.05, 0.1) is 42.7 Å². The minimum atomic E-state index is -0.429. The van der Waals surface area contributed by atoms with Crippen molar-refractivity contribution < 1.29 is 14.0 Å². The third-order valence-electron chi connectivity index (χ3n) is 11.2. The maximum Gasteiger partial charge on any atom is 0.137 e. The fourth-order valence-corrected chi connectivity index (χ4v) is 8.64. The summed E-state index contributed by atoms with van der Waals surface area (Å²) in [5.74, 6) is 0. The van der Waals surface area contributed by atoms with Crippen molar-refractivity contribution >= 4 is 65.6 Å². The highest BCUT2D eigenvalue weighted by Gasteiger charge is 2.21. The molecule has 0 aliphatic carbocycles. The zero-order chi connectivity index (χ0) is 43.5. The normalized spacial score (nSPS) is 13.6. The van der Waals surface area contributed by atoms with Gasteiger partial charge in [-0.1, -0.05) is 139 Å². The average Bonchev–Trinajstić information content (AvgIpc) is 4.01. The Labute approximate surface area is 338 Å². The number of fused-ring (bicyclic) bond motifs is 9. The van der Waals surface area contributed by atoms with Gasteiger partial charge in [0.25, 0.3) is 0 Å². The lowest BCUT2D eigenvalue weighted by molar-refractivity contribution is 0.669. The molecule has 0 saturated heterocycles. The quantitative estimate of drug-likeness (QED) is 0.173. The summed E-state index contributed by atoms with van der Waals surface area (Å²) < 4.78 is 75.3. The number of hydrogen-bond donors (Lipinski definition) is 0. The standard InChI is InChI=1S/C54H34N2O/c1-3-13-35(14-4-1)36-25-29-40(30-26-36)55-46-20-9-7-17-42(46)44-33-38(27-31-47(44)55)39-28-32-48-45(34-39)53-41(37-15-5-2-6-16-37)19-11-21-49(53)56(48)50-22-12-24-52-54(50)43-18-8-10-23-51(43)57-52/h1-34H/i7D,9D,17D,20D,27D,31D,33D. The van der Waals surface area contributed by atoms with E-state index in [1.165, 1.54) is 0 Å². The van der Waals surface area contributed by atoms with E-state index in [-0.39, 0.29) is 57.6 Å². The molecule has 9 aromatic carbocycles. The van der Waals surface area contributed by atoms with Crippen LogP contribution in [-0.2, 0) is 0 Å². The van der Waals surface area contributed by atoms with Crippen LogP contribution in [0.15, 0.2) is 211 Å². The van der Waals surface area contributed by atoms with Gasteiger partial charge in [0.2, 0.25) is 0 Å². The second-order valence-corrected chi connectivity index (χ2v) is 14.3. The molecule has 0 unspecified atom stereocenters. The topological polar surface area (TPSA) is 23.0 Å². The molecule has 3 aromatic heterocycles. The van der Waals surface area contributed by atoms with Crippen molar-refractivity contribution in [2.75, 3.05) is 0 Å². The summed E-state index contributed by atoms with van der Waals surface area (Å²) in [5.41, 5.74) is 9.97. The molecule has 0 saturated carbocycles. The van der Waals surface area contributed by atoms with Crippen LogP contribution in [0.1, 0.15) is 9.60 Å². The van der Waals surface area contributed by atoms with E-state index >= 15 is 0 Å². The first-order chi connectivity index (χ1) is 31.2. The van der Waals surface area contributed by atoms with Crippen LogP contribution in [0.2, 0.25) is 0 Å². The molecule has 266 valence electrons. The van der Waals surface area contributed by atoms with Crippen LogP contribution in [0.5, 0.6) is 0 Å². The molecule has 0 fully saturated rings. The number of furan rings is 1. The van der Waals surface area contributed by atoms with E-state index in [0.29, 0.717) is 11.3 Å². The first-order valence-corrected chi connectivity index (χ1v) is 18.9. The molecule has 0 aliphatic rings. The van der Waals surface area contributed by atoms with Crippen molar-refractivity contribution in [2.45, 2.75) is 0 Å². The smallest absolute Gasteiger partial charge is 0.137 e. The molecule has 57 heavy (non-hydrogen) atoms. The Bertz CT molecular complexity index is 3910. The maximum atomic E-state index is 9.96. The highest BCUT2D eigenvalue weighted by Crippen LogP contribution is 2.43. The molecular formula is C54H34N2O. The summed E-state index contributed by atoms with van der Waals surface area (Å²) in [6, 6.07) is 52.1. The Morgan fingerprint density at radius 2 is 1.09 bits per heavy atom. The Morgan fingerprint density at radius 3 is 1.95 bits per heavy atom. The maximum absolute atomic E-state index is 9.96. The van der Waals surface area contributed by atoms with Crippen LogP contribution in [-0.4, -0.2) is 9.13 Å². The molecule has 0 spiro atoms. The zero-order valence-electron chi connectivity index (χ0n) is 37.4. The molecule has 3 heteroatoms. The minimum absolute atomic E-state index is 0.0910. The highest BCUT2D eigenvalue weighted by atomic mass is 16.3. The number of hydrogen-bond acceptors (Lipinski definition) is 1. The first kappa shape index (κ1) is 25.5. The van der Waals surface area contributed by atoms with Crippen LogP contribution in [0.4, 0.5) is 0 Å². The molecule has 0 atom stereocenters. The van der Waals surface area contributed by atoms with E-state index in [1.54, 1.807) is 4.57 Å². The average molecular weight is 734 g/mol. The Kier molecular flexibility index (Phi) is 5.56. The molecule has 12 rings (SSSR count). The van der Waals surface area contributed by atoms with Gasteiger partial charge in [-0.2, -0.15) is 0 Å². The lowest BCUT2D eigenvalue weighted by Gasteiger charge is -2.11. The van der Waals surface area contributed by atoms with Crippen LogP contribution >= 0.6 is 0 Å². The molecule has 3 heterocycles. The van der Waals surface area contributed by atoms with E-state index in [4.69, 9.17) is 8.53 Å². The van der Waals surface area contributed by atoms with E-state index < -0.39 is 12.1 Å². The van der Waals surface area contributed by atoms with Crippen molar-refractivity contribution in [3.8, 4) is 44.8 Å². The summed E-state index contributed by atoms with van der Waals surface area (Å²) in [5, 5.41) is 4.16. The highest BCUT2D eigenvalue weighted by molar-refractivity contribution is 6.19. The van der Waals surface area contributed by atoms with Gasteiger partial charge in [-0.25, -0.2) is 0 Å². The second-order valence-electron chi connectivity index (χ2n) is 14.3. The fraction of sp³-hybridized carbons (Fsp3) is 0. The monoisotopic (exact) mass is 733 g/mol. The van der Waals surface area contributed by atoms with Crippen LogP contribution in [0.25, 0.3) is 110 Å². The van der Waals surface area contributed by atoms with Crippen molar-refractivity contribution in [1.29, 1.82) is 0 Å². The second kappa shape index (κ2) is 12.5. The summed E-state index contributed by atoms with van der Waals surface area (Å²) in [4.78, 5) is 0. The Morgan fingerprint density at radius 1 is 0.386 bits per heavy atom. The third-order valence-corrected chi connectivity index (χ3v) is 11.2. The molecule has 0 N–H and O–H groups in total. The zero-order valence-corrected chi connectivity index (χ0v) is 30.4. The molecule has 0 radical (unpaired) electrons. The van der Waals surface area contributed by atoms with Gasteiger partial charge >= 0.3 is 0 Å². The molecule has 3 nitrogen and oxygen atoms in total. The van der Waals surface area contributed by atoms with Gasteiger partial charge in [0.1, 0.15) is 11.2 Å². The molecular weight excluding hydrogens is 693 g/mol. The largest absolute Gasteiger partial charge is 0.456 e. The predicted molar refractivity (Wildman–Crippen MR) is 239 cm³/mol. The van der Waals surface area contributed by atoms with Crippen molar-refractivity contribution in [1.82, 2.24) is 9.13 Å². The minimum Gasteiger partial charge on any atom is -0.456 e. The van der Waals surface area contributed by atoms with Crippen LogP contribution in [0, 0.1) is 0 Å². The number of benzene rings is 9. The van der Waals surface area contributed by atoms with E-state index in [9.17, 15) is 5.48 Å². The van der Waals surface area contributed by atoms with Gasteiger partial charge in [-0.3, -0.25) is 0 Å². The van der Waals surface area contributed by atoms with Crippen molar-refractivity contribution in [3.63, 3.8) is 0 Å². The number of rotatable bonds is 5. The van der Waals surface area contributed by atoms with Gasteiger partial charge in [0.15, 0.2) is 0 Å². The fourth-order valence-electron chi connectivity index (χ4n) is 8.64. The van der Waals surface area contributed by atoms with Crippen LogP contribution < -0.4 is 0 Å². The molecule has 12 aromatic rings. The summed E-state index contributed by atoms with van der Waals surface area (Å²) in [6.07, 6.45) is 0. The lowest BCUT2D eigenvalue weighted by Crippen LogP contribution is -1.95. The third kappa shape index (κ3) is 4.86. The van der Waals surface area contributed by atoms with E-state index in [2.05, 4.69) is 47.0 Å². The predicted octanol–water partition coefficient (Wildman–Crippen LogP) is 14.8. The SMILES string of the molecule is [2H]c1c([2H])c([2H])c2c(c1[2H])c1c([2H])c(-c3ccc4c(c3)c3c(-c5ccccc5)cccc3n4-c3cccc4oc5ccccc5c34)c([2H])c([2H])c1n2-c1ccc(-c2ccccc2)cc1. The van der Waals surface area contributed by atoms with E-state index in [0.717, 1.165) is 71.7 Å². The van der Waals surface area contributed by atoms with Gasteiger partial charge in [0, 0.05) is 32.6 Å². The van der Waals surface area contributed by atoms with Gasteiger partial charge < -0.3 is 13.6 Å². The molecule has 0 bridgehead atoms. The van der Waals surface area contributed by atoms with Crippen molar-refractivity contribution in [2.24, 2.45) is 0 Å². The van der Waals surface area contributed by atoms with Crippen molar-refractivity contribution in [3.05, 3.63) is 206 Å². The Hall–Kier alpha value is -7.62.